The summed E-state index contributed by atoms with van der Waals surface area (Å²) in [5.41, 5.74) is 0. The van der Waals surface area contributed by atoms with Gasteiger partial charge in [0.15, 0.2) is 0 Å². The van der Waals surface area contributed by atoms with Gasteiger partial charge in [0.1, 0.15) is 17.9 Å². The topological polar surface area (TPSA) is 47.0 Å². The Bertz CT molecular complexity index is 519. The van der Waals surface area contributed by atoms with E-state index in [-0.39, 0.29) is 0 Å². The van der Waals surface area contributed by atoms with Gasteiger partial charge in [0.25, 0.3) is 0 Å². The molecule has 94 valence electrons. The Morgan fingerprint density at radius 3 is 2.89 bits per heavy atom. The lowest BCUT2D eigenvalue weighted by Crippen LogP contribution is -2.02. The molecule has 5 heteroatoms. The van der Waals surface area contributed by atoms with Crippen LogP contribution in [0.3, 0.4) is 0 Å². The fourth-order valence-electron chi connectivity index (χ4n) is 1.39. The normalized spacial score (nSPS) is 10.1. The van der Waals surface area contributed by atoms with Crippen LogP contribution in [0.4, 0.5) is 5.82 Å². The second-order valence-corrected chi connectivity index (χ2v) is 4.11. The van der Waals surface area contributed by atoms with Crippen LogP contribution in [0.25, 0.3) is 0 Å². The highest BCUT2D eigenvalue weighted by Crippen LogP contribution is 2.28. The second kappa shape index (κ2) is 6.21. The Morgan fingerprint density at radius 2 is 2.11 bits per heavy atom. The van der Waals surface area contributed by atoms with E-state index in [0.717, 1.165) is 18.8 Å². The minimum atomic E-state index is 0.469. The van der Waals surface area contributed by atoms with Crippen LogP contribution in [0, 0.1) is 0 Å². The Labute approximate surface area is 111 Å². The summed E-state index contributed by atoms with van der Waals surface area (Å²) < 4.78 is 5.61. The number of nitrogens with zero attached hydrogens (tertiary/aromatic N) is 2. The van der Waals surface area contributed by atoms with Crippen LogP contribution in [-0.2, 0) is 0 Å². The molecule has 0 aliphatic carbocycles. The van der Waals surface area contributed by atoms with Gasteiger partial charge in [0, 0.05) is 12.6 Å². The highest BCUT2D eigenvalue weighted by atomic mass is 35.5. The van der Waals surface area contributed by atoms with E-state index in [2.05, 4.69) is 22.2 Å². The van der Waals surface area contributed by atoms with Gasteiger partial charge in [0.05, 0.1) is 5.02 Å². The Hall–Kier alpha value is -1.81. The van der Waals surface area contributed by atoms with Crippen LogP contribution in [0.5, 0.6) is 11.6 Å². The van der Waals surface area contributed by atoms with Gasteiger partial charge in [-0.15, -0.1) is 0 Å². The summed E-state index contributed by atoms with van der Waals surface area (Å²) in [4.78, 5) is 8.16. The molecule has 0 atom stereocenters. The Balaban J connectivity index is 2.12. The molecule has 1 heterocycles. The number of anilines is 1. The third-order valence-electron chi connectivity index (χ3n) is 2.25. The zero-order valence-corrected chi connectivity index (χ0v) is 10.8. The maximum atomic E-state index is 6.01. The summed E-state index contributed by atoms with van der Waals surface area (Å²) in [5.74, 6) is 1.80. The van der Waals surface area contributed by atoms with E-state index >= 15 is 0 Å². The Kier molecular flexibility index (Phi) is 4.36. The molecule has 1 N–H and O–H groups in total. The fourth-order valence-corrected chi connectivity index (χ4v) is 1.56. The first-order chi connectivity index (χ1) is 8.79. The number of ether oxygens (including phenoxy) is 1. The minimum absolute atomic E-state index is 0.469. The number of hydrogen-bond acceptors (Lipinski definition) is 4. The SMILES string of the molecule is CCCNc1cc(Oc2ccccc2Cl)ncn1. The van der Waals surface area contributed by atoms with E-state index in [9.17, 15) is 0 Å². The lowest BCUT2D eigenvalue weighted by Gasteiger charge is -2.08. The standard InChI is InChI=1S/C13H14ClN3O/c1-2-7-15-12-8-13(17-9-16-12)18-11-6-4-3-5-10(11)14/h3-6,8-9H,2,7H2,1H3,(H,15,16,17). The molecular formula is C13H14ClN3O. The van der Waals surface area contributed by atoms with Crippen molar-refractivity contribution < 1.29 is 4.74 Å². The van der Waals surface area contributed by atoms with E-state index in [1.807, 2.05) is 12.1 Å². The lowest BCUT2D eigenvalue weighted by atomic mass is 10.3. The summed E-state index contributed by atoms with van der Waals surface area (Å²) in [7, 11) is 0. The van der Waals surface area contributed by atoms with E-state index in [4.69, 9.17) is 16.3 Å². The first kappa shape index (κ1) is 12.6. The van der Waals surface area contributed by atoms with Crippen LogP contribution in [0.2, 0.25) is 5.02 Å². The average molecular weight is 264 g/mol. The number of nitrogens with one attached hydrogen (secondary N) is 1. The van der Waals surface area contributed by atoms with Crippen molar-refractivity contribution in [1.29, 1.82) is 0 Å². The zero-order valence-electron chi connectivity index (χ0n) is 10.1. The molecule has 0 aliphatic heterocycles. The lowest BCUT2D eigenvalue weighted by molar-refractivity contribution is 0.462. The summed E-state index contributed by atoms with van der Waals surface area (Å²) in [6.45, 7) is 2.96. The molecule has 0 radical (unpaired) electrons. The summed E-state index contributed by atoms with van der Waals surface area (Å²) in [6.07, 6.45) is 2.49. The first-order valence-corrected chi connectivity index (χ1v) is 6.15. The predicted molar refractivity (Wildman–Crippen MR) is 72.3 cm³/mol. The first-order valence-electron chi connectivity index (χ1n) is 5.78. The maximum Gasteiger partial charge on any atom is 0.224 e. The predicted octanol–water partition coefficient (Wildman–Crippen LogP) is 3.74. The van der Waals surface area contributed by atoms with E-state index in [1.54, 1.807) is 18.2 Å². The number of halogens is 1. The highest BCUT2D eigenvalue weighted by Gasteiger charge is 2.04. The van der Waals surface area contributed by atoms with Gasteiger partial charge >= 0.3 is 0 Å². The van der Waals surface area contributed by atoms with E-state index in [0.29, 0.717) is 16.7 Å². The number of benzene rings is 1. The molecule has 0 amide bonds. The molecule has 0 fully saturated rings. The third-order valence-corrected chi connectivity index (χ3v) is 2.56. The van der Waals surface area contributed by atoms with Crippen molar-refractivity contribution >= 4 is 17.4 Å². The molecule has 2 rings (SSSR count). The van der Waals surface area contributed by atoms with Gasteiger partial charge in [0.2, 0.25) is 5.88 Å². The number of rotatable bonds is 5. The molecule has 0 saturated heterocycles. The molecule has 0 saturated carbocycles. The van der Waals surface area contributed by atoms with Crippen molar-refractivity contribution in [3.63, 3.8) is 0 Å². The van der Waals surface area contributed by atoms with Gasteiger partial charge in [-0.25, -0.2) is 9.97 Å². The van der Waals surface area contributed by atoms with Gasteiger partial charge in [-0.2, -0.15) is 0 Å². The molecule has 0 spiro atoms. The molecule has 4 nitrogen and oxygen atoms in total. The third kappa shape index (κ3) is 3.34. The average Bonchev–Trinajstić information content (AvgIpc) is 2.40. The minimum Gasteiger partial charge on any atom is -0.437 e. The summed E-state index contributed by atoms with van der Waals surface area (Å²) >= 11 is 6.01. The fraction of sp³-hybridized carbons (Fsp3) is 0.231. The molecule has 2 aromatic rings. The monoisotopic (exact) mass is 263 g/mol. The van der Waals surface area contributed by atoms with Crippen LogP contribution in [0.15, 0.2) is 36.7 Å². The van der Waals surface area contributed by atoms with Crippen LogP contribution >= 0.6 is 11.6 Å². The number of hydrogen-bond donors (Lipinski definition) is 1. The molecule has 1 aromatic carbocycles. The molecule has 18 heavy (non-hydrogen) atoms. The molecule has 1 aromatic heterocycles. The number of para-hydroxylation sites is 1. The van der Waals surface area contributed by atoms with E-state index < -0.39 is 0 Å². The van der Waals surface area contributed by atoms with E-state index in [1.165, 1.54) is 6.33 Å². The van der Waals surface area contributed by atoms with Crippen molar-refractivity contribution in [2.75, 3.05) is 11.9 Å². The molecule has 0 unspecified atom stereocenters. The molecular weight excluding hydrogens is 250 g/mol. The van der Waals surface area contributed by atoms with Crippen LogP contribution in [0.1, 0.15) is 13.3 Å². The largest absolute Gasteiger partial charge is 0.437 e. The summed E-state index contributed by atoms with van der Waals surface area (Å²) in [5, 5.41) is 3.73. The van der Waals surface area contributed by atoms with Crippen molar-refractivity contribution in [2.45, 2.75) is 13.3 Å². The smallest absolute Gasteiger partial charge is 0.224 e. The molecule has 0 aliphatic rings. The van der Waals surface area contributed by atoms with Crippen molar-refractivity contribution in [3.8, 4) is 11.6 Å². The quantitative estimate of drug-likeness (QED) is 0.893. The molecule has 0 bridgehead atoms. The van der Waals surface area contributed by atoms with Crippen molar-refractivity contribution in [3.05, 3.63) is 41.7 Å². The van der Waals surface area contributed by atoms with Crippen molar-refractivity contribution in [1.82, 2.24) is 9.97 Å². The van der Waals surface area contributed by atoms with Gasteiger partial charge in [-0.1, -0.05) is 30.7 Å². The van der Waals surface area contributed by atoms with Crippen LogP contribution in [-0.4, -0.2) is 16.5 Å². The highest BCUT2D eigenvalue weighted by molar-refractivity contribution is 6.32. The Morgan fingerprint density at radius 1 is 1.28 bits per heavy atom. The second-order valence-electron chi connectivity index (χ2n) is 3.70. The number of aromatic nitrogens is 2. The zero-order chi connectivity index (χ0) is 12.8. The summed E-state index contributed by atoms with van der Waals surface area (Å²) in [6, 6.07) is 9.03. The van der Waals surface area contributed by atoms with Crippen LogP contribution < -0.4 is 10.1 Å². The van der Waals surface area contributed by atoms with Gasteiger partial charge < -0.3 is 10.1 Å². The van der Waals surface area contributed by atoms with Gasteiger partial charge in [-0.05, 0) is 18.6 Å². The van der Waals surface area contributed by atoms with Gasteiger partial charge in [-0.3, -0.25) is 0 Å². The maximum absolute atomic E-state index is 6.01. The van der Waals surface area contributed by atoms with Crippen molar-refractivity contribution in [2.24, 2.45) is 0 Å².